The topological polar surface area (TPSA) is 84.9 Å². The molecule has 0 spiro atoms. The van der Waals surface area contributed by atoms with E-state index in [9.17, 15) is 0 Å². The summed E-state index contributed by atoms with van der Waals surface area (Å²) in [5.41, 5.74) is 6.20. The van der Waals surface area contributed by atoms with Crippen LogP contribution in [0.25, 0.3) is 0 Å². The molecule has 0 saturated heterocycles. The summed E-state index contributed by atoms with van der Waals surface area (Å²) in [6, 6.07) is 5.13. The average molecular weight is 241 g/mol. The van der Waals surface area contributed by atoms with Crippen molar-refractivity contribution >= 4 is 5.69 Å². The van der Waals surface area contributed by atoms with Gasteiger partial charge in [0.1, 0.15) is 13.2 Å². The second-order valence-corrected chi connectivity index (χ2v) is 3.99. The molecule has 0 amide bonds. The first kappa shape index (κ1) is 13.6. The van der Waals surface area contributed by atoms with Crippen LogP contribution in [0.5, 0.6) is 11.5 Å². The van der Waals surface area contributed by atoms with Crippen LogP contribution in [-0.4, -0.2) is 35.6 Å². The summed E-state index contributed by atoms with van der Waals surface area (Å²) in [4.78, 5) is 0. The number of benzene rings is 1. The molecule has 0 aliphatic carbocycles. The van der Waals surface area contributed by atoms with E-state index >= 15 is 0 Å². The highest BCUT2D eigenvalue weighted by Crippen LogP contribution is 2.33. The predicted molar refractivity (Wildman–Crippen MR) is 65.2 cm³/mol. The molecule has 1 aromatic rings. The van der Waals surface area contributed by atoms with Crippen molar-refractivity contribution in [3.8, 4) is 11.5 Å². The number of nitrogen functional groups attached to an aromatic ring is 1. The van der Waals surface area contributed by atoms with Gasteiger partial charge < -0.3 is 25.4 Å². The van der Waals surface area contributed by atoms with Gasteiger partial charge in [0.25, 0.3) is 0 Å². The normalized spacial score (nSPS) is 14.1. The number of nitrogens with two attached hydrogens (primary N) is 1. The van der Waals surface area contributed by atoms with Gasteiger partial charge in [0, 0.05) is 0 Å². The van der Waals surface area contributed by atoms with Gasteiger partial charge in [-0.25, -0.2) is 0 Å². The largest absolute Gasteiger partial charge is 0.487 e. The van der Waals surface area contributed by atoms with Crippen LogP contribution in [0.2, 0.25) is 0 Å². The fraction of sp³-hybridized carbons (Fsp3) is 0.500. The Morgan fingerprint density at radius 3 is 2.29 bits per heavy atom. The van der Waals surface area contributed by atoms with E-state index in [1.807, 2.05) is 0 Å². The van der Waals surface area contributed by atoms with Gasteiger partial charge in [0.2, 0.25) is 0 Å². The first-order chi connectivity index (χ1) is 8.00. The Balaban J connectivity index is 2.76. The summed E-state index contributed by atoms with van der Waals surface area (Å²) in [7, 11) is 0. The maximum absolute atomic E-state index is 9.17. The summed E-state index contributed by atoms with van der Waals surface area (Å²) in [6.45, 7) is 3.55. The van der Waals surface area contributed by atoms with Crippen LogP contribution in [0, 0.1) is 0 Å². The fourth-order valence-electron chi connectivity index (χ4n) is 1.22. The standard InChI is InChI=1S/C12H19NO4/c1-8(14)6-16-11-5-3-4-10(13)12(11)17-7-9(2)15/h3-5,8-9,14-15H,6-7,13H2,1-2H3. The molecule has 0 heterocycles. The number of para-hydroxylation sites is 1. The number of anilines is 1. The molecular weight excluding hydrogens is 222 g/mol. The number of aliphatic hydroxyl groups excluding tert-OH is 2. The van der Waals surface area contributed by atoms with Crippen molar-refractivity contribution < 1.29 is 19.7 Å². The Kier molecular flexibility index (Phi) is 5.06. The molecule has 0 saturated carbocycles. The van der Waals surface area contributed by atoms with Crippen molar-refractivity contribution in [2.45, 2.75) is 26.1 Å². The third-order valence-corrected chi connectivity index (χ3v) is 1.96. The fourth-order valence-corrected chi connectivity index (χ4v) is 1.22. The van der Waals surface area contributed by atoms with Crippen LogP contribution >= 0.6 is 0 Å². The van der Waals surface area contributed by atoms with Gasteiger partial charge in [-0.3, -0.25) is 0 Å². The first-order valence-electron chi connectivity index (χ1n) is 5.51. The molecule has 17 heavy (non-hydrogen) atoms. The molecular formula is C12H19NO4. The molecule has 1 rings (SSSR count). The lowest BCUT2D eigenvalue weighted by Gasteiger charge is -2.16. The van der Waals surface area contributed by atoms with E-state index in [1.165, 1.54) is 0 Å². The molecule has 5 nitrogen and oxygen atoms in total. The van der Waals surface area contributed by atoms with Gasteiger partial charge in [0.15, 0.2) is 11.5 Å². The molecule has 4 N–H and O–H groups in total. The molecule has 0 radical (unpaired) electrons. The average Bonchev–Trinajstić information content (AvgIpc) is 2.24. The van der Waals surface area contributed by atoms with E-state index in [-0.39, 0.29) is 13.2 Å². The smallest absolute Gasteiger partial charge is 0.184 e. The number of hydrogen-bond donors (Lipinski definition) is 3. The van der Waals surface area contributed by atoms with E-state index in [2.05, 4.69) is 0 Å². The number of aliphatic hydroxyl groups is 2. The molecule has 96 valence electrons. The third-order valence-electron chi connectivity index (χ3n) is 1.96. The molecule has 0 aromatic heterocycles. The lowest BCUT2D eigenvalue weighted by atomic mass is 10.2. The van der Waals surface area contributed by atoms with Gasteiger partial charge in [0.05, 0.1) is 17.9 Å². The van der Waals surface area contributed by atoms with Gasteiger partial charge in [-0.2, -0.15) is 0 Å². The molecule has 2 atom stereocenters. The Morgan fingerprint density at radius 1 is 1.12 bits per heavy atom. The van der Waals surface area contributed by atoms with E-state index < -0.39 is 12.2 Å². The summed E-state index contributed by atoms with van der Waals surface area (Å²) < 4.78 is 10.8. The van der Waals surface area contributed by atoms with E-state index in [0.717, 1.165) is 0 Å². The van der Waals surface area contributed by atoms with Crippen LogP contribution in [0.4, 0.5) is 5.69 Å². The Morgan fingerprint density at radius 2 is 1.71 bits per heavy atom. The van der Waals surface area contributed by atoms with E-state index in [4.69, 9.17) is 25.4 Å². The highest BCUT2D eigenvalue weighted by molar-refractivity contribution is 5.60. The van der Waals surface area contributed by atoms with Crippen molar-refractivity contribution in [3.63, 3.8) is 0 Å². The Bertz CT molecular complexity index is 352. The van der Waals surface area contributed by atoms with Crippen LogP contribution < -0.4 is 15.2 Å². The summed E-state index contributed by atoms with van der Waals surface area (Å²) in [5, 5.41) is 18.3. The zero-order valence-corrected chi connectivity index (χ0v) is 10.1. The van der Waals surface area contributed by atoms with Crippen LogP contribution in [-0.2, 0) is 0 Å². The van der Waals surface area contributed by atoms with Crippen molar-refractivity contribution in [2.24, 2.45) is 0 Å². The molecule has 0 fully saturated rings. The van der Waals surface area contributed by atoms with Gasteiger partial charge in [-0.1, -0.05) is 6.07 Å². The van der Waals surface area contributed by atoms with Gasteiger partial charge >= 0.3 is 0 Å². The Labute approximate surface area is 101 Å². The molecule has 0 aliphatic rings. The van der Waals surface area contributed by atoms with Crippen molar-refractivity contribution in [3.05, 3.63) is 18.2 Å². The lowest BCUT2D eigenvalue weighted by molar-refractivity contribution is 0.107. The third kappa shape index (κ3) is 4.50. The minimum Gasteiger partial charge on any atom is -0.487 e. The van der Waals surface area contributed by atoms with Gasteiger partial charge in [-0.05, 0) is 26.0 Å². The molecule has 0 bridgehead atoms. The number of ether oxygens (including phenoxy) is 2. The molecule has 2 unspecified atom stereocenters. The van der Waals surface area contributed by atoms with Crippen molar-refractivity contribution in [2.75, 3.05) is 18.9 Å². The Hall–Kier alpha value is -1.46. The highest BCUT2D eigenvalue weighted by atomic mass is 16.5. The predicted octanol–water partition coefficient (Wildman–Crippen LogP) is 0.788. The minimum absolute atomic E-state index is 0.138. The maximum atomic E-state index is 9.17. The number of rotatable bonds is 6. The second kappa shape index (κ2) is 6.32. The monoisotopic (exact) mass is 241 g/mol. The van der Waals surface area contributed by atoms with Crippen LogP contribution in [0.15, 0.2) is 18.2 Å². The van der Waals surface area contributed by atoms with Gasteiger partial charge in [-0.15, -0.1) is 0 Å². The van der Waals surface area contributed by atoms with Crippen LogP contribution in [0.3, 0.4) is 0 Å². The first-order valence-corrected chi connectivity index (χ1v) is 5.51. The number of hydrogen-bond acceptors (Lipinski definition) is 5. The quantitative estimate of drug-likeness (QED) is 0.641. The van der Waals surface area contributed by atoms with E-state index in [0.29, 0.717) is 17.2 Å². The molecule has 0 aliphatic heterocycles. The SMILES string of the molecule is CC(O)COc1cccc(N)c1OCC(C)O. The minimum atomic E-state index is -0.584. The molecule has 1 aromatic carbocycles. The van der Waals surface area contributed by atoms with E-state index in [1.54, 1.807) is 32.0 Å². The van der Waals surface area contributed by atoms with Crippen LogP contribution in [0.1, 0.15) is 13.8 Å². The molecule has 5 heteroatoms. The van der Waals surface area contributed by atoms with Crippen molar-refractivity contribution in [1.82, 2.24) is 0 Å². The maximum Gasteiger partial charge on any atom is 0.184 e. The second-order valence-electron chi connectivity index (χ2n) is 3.99. The zero-order chi connectivity index (χ0) is 12.8. The summed E-state index contributed by atoms with van der Waals surface area (Å²) in [5.74, 6) is 0.862. The zero-order valence-electron chi connectivity index (χ0n) is 10.1. The lowest BCUT2D eigenvalue weighted by Crippen LogP contribution is -2.16. The van der Waals surface area contributed by atoms with Crippen molar-refractivity contribution in [1.29, 1.82) is 0 Å². The highest BCUT2D eigenvalue weighted by Gasteiger charge is 2.11. The summed E-state index contributed by atoms with van der Waals surface area (Å²) >= 11 is 0. The summed E-state index contributed by atoms with van der Waals surface area (Å²) in [6.07, 6.45) is -1.15.